The lowest BCUT2D eigenvalue weighted by molar-refractivity contribution is 0.251. The molecule has 1 N–H and O–H groups in total. The molecular weight excluding hydrogens is 415 g/mol. The molecule has 0 aromatic rings. The first-order valence-electron chi connectivity index (χ1n) is 14.6. The van der Waals surface area contributed by atoms with Gasteiger partial charge in [-0.15, -0.1) is 0 Å². The molecule has 0 aliphatic carbocycles. The fraction of sp³-hybridized carbons (Fsp3) is 1.00. The minimum Gasteiger partial charge on any atom is -0.324 e. The van der Waals surface area contributed by atoms with Crippen LogP contribution in [0.25, 0.3) is 0 Å². The Labute approximate surface area is 202 Å². The Morgan fingerprint density at radius 1 is 0.469 bits per heavy atom. The molecule has 3 nitrogen and oxygen atoms in total. The Morgan fingerprint density at radius 2 is 0.750 bits per heavy atom. The summed E-state index contributed by atoms with van der Waals surface area (Å²) in [5.74, 6) is 0. The quantitative estimate of drug-likeness (QED) is 0.0951. The third kappa shape index (κ3) is 26.4. The fourth-order valence-corrected chi connectivity index (χ4v) is 5.53. The van der Waals surface area contributed by atoms with Crippen molar-refractivity contribution in [1.29, 1.82) is 0 Å². The van der Waals surface area contributed by atoms with Gasteiger partial charge in [-0.25, -0.2) is 0 Å². The van der Waals surface area contributed by atoms with Gasteiger partial charge in [0.15, 0.2) is 0 Å². The van der Waals surface area contributed by atoms with Crippen molar-refractivity contribution in [1.82, 2.24) is 0 Å². The number of rotatable bonds is 27. The topological polar surface area (TPSA) is 46.5 Å². The average Bonchev–Trinajstić information content (AvgIpc) is 2.77. The van der Waals surface area contributed by atoms with Crippen molar-refractivity contribution in [3.63, 3.8) is 0 Å². The monoisotopic (exact) mass is 474 g/mol. The van der Waals surface area contributed by atoms with Crippen molar-refractivity contribution in [2.24, 2.45) is 0 Å². The highest BCUT2D eigenvalue weighted by atomic mass is 31.2. The van der Waals surface area contributed by atoms with Crippen LogP contribution in [0, 0.1) is 0 Å². The number of hydrogen-bond acceptors (Lipinski definition) is 2. The van der Waals surface area contributed by atoms with E-state index in [2.05, 4.69) is 13.8 Å². The molecule has 0 fully saturated rings. The van der Waals surface area contributed by atoms with Crippen molar-refractivity contribution in [2.45, 2.75) is 168 Å². The maximum Gasteiger partial charge on any atom is 0.328 e. The minimum atomic E-state index is -3.35. The summed E-state index contributed by atoms with van der Waals surface area (Å²) < 4.78 is 17.4. The van der Waals surface area contributed by atoms with Crippen LogP contribution in [0.4, 0.5) is 0 Å². The zero-order valence-corrected chi connectivity index (χ0v) is 23.0. The van der Waals surface area contributed by atoms with E-state index < -0.39 is 7.60 Å². The molecule has 0 amide bonds. The second-order valence-corrected chi connectivity index (χ2v) is 12.0. The lowest BCUT2D eigenvalue weighted by Crippen LogP contribution is -1.97. The molecule has 0 aliphatic rings. The van der Waals surface area contributed by atoms with Crippen molar-refractivity contribution < 1.29 is 14.0 Å². The Balaban J connectivity index is 3.28. The van der Waals surface area contributed by atoms with Gasteiger partial charge in [-0.2, -0.15) is 0 Å². The third-order valence-electron chi connectivity index (χ3n) is 6.59. The normalized spacial score (nSPS) is 13.5. The molecule has 0 bridgehead atoms. The molecule has 0 aliphatic heterocycles. The van der Waals surface area contributed by atoms with Crippen molar-refractivity contribution in [3.8, 4) is 0 Å². The first kappa shape index (κ1) is 32.1. The lowest BCUT2D eigenvalue weighted by Gasteiger charge is -2.12. The SMILES string of the molecule is CCCCCCCCCCCCCCCCOP(=O)(O)CCCCCCCCCCCC. The summed E-state index contributed by atoms with van der Waals surface area (Å²) in [6.07, 6.45) is 31.3. The van der Waals surface area contributed by atoms with E-state index in [9.17, 15) is 9.46 Å². The number of unbranched alkanes of at least 4 members (excludes halogenated alkanes) is 22. The van der Waals surface area contributed by atoms with Gasteiger partial charge in [0.25, 0.3) is 0 Å². The van der Waals surface area contributed by atoms with Crippen LogP contribution in [-0.4, -0.2) is 17.7 Å². The fourth-order valence-electron chi connectivity index (χ4n) is 4.37. The third-order valence-corrected chi connectivity index (χ3v) is 8.05. The van der Waals surface area contributed by atoms with Crippen LogP contribution < -0.4 is 0 Å². The molecule has 0 rings (SSSR count). The van der Waals surface area contributed by atoms with E-state index in [1.165, 1.54) is 128 Å². The summed E-state index contributed by atoms with van der Waals surface area (Å²) in [6, 6.07) is 0. The highest BCUT2D eigenvalue weighted by Gasteiger charge is 2.17. The van der Waals surface area contributed by atoms with Crippen molar-refractivity contribution in [3.05, 3.63) is 0 Å². The molecule has 0 saturated heterocycles. The summed E-state index contributed by atoms with van der Waals surface area (Å²) in [7, 11) is -3.35. The average molecular weight is 475 g/mol. The summed E-state index contributed by atoms with van der Waals surface area (Å²) >= 11 is 0. The molecular formula is C28H59O3P. The van der Waals surface area contributed by atoms with Gasteiger partial charge in [0.1, 0.15) is 0 Å². The molecule has 0 aromatic carbocycles. The van der Waals surface area contributed by atoms with Crippen LogP contribution in [0.3, 0.4) is 0 Å². The van der Waals surface area contributed by atoms with Gasteiger partial charge < -0.3 is 9.42 Å². The van der Waals surface area contributed by atoms with Crippen LogP contribution in [-0.2, 0) is 9.09 Å². The van der Waals surface area contributed by atoms with Gasteiger partial charge in [-0.1, -0.05) is 155 Å². The van der Waals surface area contributed by atoms with E-state index in [-0.39, 0.29) is 0 Å². The van der Waals surface area contributed by atoms with Gasteiger partial charge in [0.05, 0.1) is 6.61 Å². The van der Waals surface area contributed by atoms with E-state index >= 15 is 0 Å². The summed E-state index contributed by atoms with van der Waals surface area (Å²) in [4.78, 5) is 9.97. The summed E-state index contributed by atoms with van der Waals surface area (Å²) in [5.41, 5.74) is 0. The van der Waals surface area contributed by atoms with E-state index in [1.807, 2.05) is 0 Å². The molecule has 1 unspecified atom stereocenters. The molecule has 0 radical (unpaired) electrons. The summed E-state index contributed by atoms with van der Waals surface area (Å²) in [5, 5.41) is 0. The Hall–Kier alpha value is 0.150. The standard InChI is InChI=1S/C28H59O3P/c1-3-5-7-9-11-13-15-16-17-18-19-21-23-25-27-31-32(29,30)28-26-24-22-20-14-12-10-8-6-4-2/h3-28H2,1-2H3,(H,29,30). The van der Waals surface area contributed by atoms with Crippen molar-refractivity contribution in [2.75, 3.05) is 12.8 Å². The predicted molar refractivity (Wildman–Crippen MR) is 143 cm³/mol. The van der Waals surface area contributed by atoms with Gasteiger partial charge in [0.2, 0.25) is 0 Å². The Bertz CT molecular complexity index is 400. The molecule has 0 aromatic heterocycles. The predicted octanol–water partition coefficient (Wildman–Crippen LogP) is 10.6. The zero-order valence-electron chi connectivity index (χ0n) is 22.1. The largest absolute Gasteiger partial charge is 0.328 e. The second-order valence-electron chi connectivity index (χ2n) is 9.97. The van der Waals surface area contributed by atoms with Crippen LogP contribution >= 0.6 is 7.60 Å². The van der Waals surface area contributed by atoms with E-state index in [0.717, 1.165) is 25.7 Å². The first-order chi connectivity index (χ1) is 15.6. The highest BCUT2D eigenvalue weighted by Crippen LogP contribution is 2.43. The maximum absolute atomic E-state index is 12.1. The maximum atomic E-state index is 12.1. The summed E-state index contributed by atoms with van der Waals surface area (Å²) in [6.45, 7) is 4.98. The smallest absolute Gasteiger partial charge is 0.324 e. The molecule has 0 spiro atoms. The molecule has 194 valence electrons. The van der Waals surface area contributed by atoms with E-state index in [0.29, 0.717) is 12.8 Å². The van der Waals surface area contributed by atoms with Gasteiger partial charge in [0, 0.05) is 6.16 Å². The first-order valence-corrected chi connectivity index (χ1v) is 16.3. The van der Waals surface area contributed by atoms with Gasteiger partial charge in [-0.3, -0.25) is 4.57 Å². The van der Waals surface area contributed by atoms with Crippen LogP contribution in [0.2, 0.25) is 0 Å². The van der Waals surface area contributed by atoms with Crippen LogP contribution in [0.5, 0.6) is 0 Å². The van der Waals surface area contributed by atoms with E-state index in [4.69, 9.17) is 4.52 Å². The Morgan fingerprint density at radius 3 is 1.09 bits per heavy atom. The van der Waals surface area contributed by atoms with Crippen molar-refractivity contribution >= 4 is 7.60 Å². The Kier molecular flexibility index (Phi) is 25.9. The molecule has 1 atom stereocenters. The lowest BCUT2D eigenvalue weighted by atomic mass is 10.0. The molecule has 32 heavy (non-hydrogen) atoms. The minimum absolute atomic E-state index is 0.335. The zero-order chi connectivity index (χ0) is 23.6. The number of hydrogen-bond donors (Lipinski definition) is 1. The van der Waals surface area contributed by atoms with E-state index in [1.54, 1.807) is 0 Å². The van der Waals surface area contributed by atoms with Gasteiger partial charge >= 0.3 is 7.60 Å². The second kappa shape index (κ2) is 25.8. The molecule has 0 saturated carbocycles. The van der Waals surface area contributed by atoms with Crippen LogP contribution in [0.1, 0.15) is 168 Å². The van der Waals surface area contributed by atoms with Gasteiger partial charge in [-0.05, 0) is 12.8 Å². The molecule has 0 heterocycles. The van der Waals surface area contributed by atoms with Crippen LogP contribution in [0.15, 0.2) is 0 Å². The highest BCUT2D eigenvalue weighted by molar-refractivity contribution is 7.52. The molecule has 4 heteroatoms.